The summed E-state index contributed by atoms with van der Waals surface area (Å²) in [7, 11) is 0. The molecule has 0 spiro atoms. The van der Waals surface area contributed by atoms with Crippen LogP contribution in [-0.4, -0.2) is 65.0 Å². The van der Waals surface area contributed by atoms with Gasteiger partial charge in [0.2, 0.25) is 5.91 Å². The predicted octanol–water partition coefficient (Wildman–Crippen LogP) is 1.50. The summed E-state index contributed by atoms with van der Waals surface area (Å²) in [4.78, 5) is 68.2. The summed E-state index contributed by atoms with van der Waals surface area (Å²) in [5.41, 5.74) is -0.348. The Balaban J connectivity index is 1.55. The second kappa shape index (κ2) is 8.75. The molecule has 10 heteroatoms. The minimum absolute atomic E-state index is 0.144. The van der Waals surface area contributed by atoms with Crippen LogP contribution < -0.4 is 5.32 Å². The maximum absolute atomic E-state index is 12.7. The molecule has 0 aliphatic carbocycles. The Morgan fingerprint density at radius 3 is 2.29 bits per heavy atom. The van der Waals surface area contributed by atoms with Crippen molar-refractivity contribution in [2.24, 2.45) is 5.92 Å². The van der Waals surface area contributed by atoms with E-state index in [1.165, 1.54) is 17.0 Å². The first kappa shape index (κ1) is 22.3. The fourth-order valence-corrected chi connectivity index (χ4v) is 3.39. The third-order valence-electron chi connectivity index (χ3n) is 4.80. The van der Waals surface area contributed by atoms with Crippen molar-refractivity contribution in [2.75, 3.05) is 19.6 Å². The highest BCUT2D eigenvalue weighted by Crippen LogP contribution is 2.25. The third-order valence-corrected chi connectivity index (χ3v) is 4.80. The molecule has 0 radical (unpaired) electrons. The molecule has 3 rings (SSSR count). The Hall–Kier alpha value is -3.43. The highest BCUT2D eigenvalue weighted by Gasteiger charge is 2.42. The van der Waals surface area contributed by atoms with Crippen molar-refractivity contribution in [2.45, 2.75) is 39.2 Å². The number of hydrogen-bond donors (Lipinski definition) is 1. The molecular formula is C21H25N3O7. The summed E-state index contributed by atoms with van der Waals surface area (Å²) < 4.78 is 5.14. The molecule has 0 saturated carbocycles. The van der Waals surface area contributed by atoms with E-state index in [2.05, 4.69) is 5.32 Å². The average molecular weight is 431 g/mol. The molecule has 2 heterocycles. The number of rotatable bonds is 5. The Labute approximate surface area is 179 Å². The van der Waals surface area contributed by atoms with Gasteiger partial charge in [0.05, 0.1) is 11.1 Å². The molecule has 1 atom stereocenters. The van der Waals surface area contributed by atoms with Crippen LogP contribution in [0.3, 0.4) is 0 Å². The number of alkyl carbamates (subject to hydrolysis) is 1. The zero-order valence-corrected chi connectivity index (χ0v) is 17.7. The van der Waals surface area contributed by atoms with Crippen LogP contribution in [0.4, 0.5) is 4.79 Å². The number of hydrogen-bond acceptors (Lipinski definition) is 7. The van der Waals surface area contributed by atoms with Crippen LogP contribution in [0.2, 0.25) is 0 Å². The maximum Gasteiger partial charge on any atom is 0.407 e. The van der Waals surface area contributed by atoms with Gasteiger partial charge in [-0.15, -0.1) is 0 Å². The Morgan fingerprint density at radius 1 is 1.10 bits per heavy atom. The smallest absolute Gasteiger partial charge is 0.407 e. The molecule has 166 valence electrons. The summed E-state index contributed by atoms with van der Waals surface area (Å²) in [6.07, 6.45) is 0.190. The fraction of sp³-hybridized carbons (Fsp3) is 0.476. The van der Waals surface area contributed by atoms with Crippen molar-refractivity contribution in [1.29, 1.82) is 0 Å². The number of piperidine rings is 1. The largest absolute Gasteiger partial charge is 0.444 e. The lowest BCUT2D eigenvalue weighted by atomic mass is 9.97. The van der Waals surface area contributed by atoms with Crippen molar-refractivity contribution >= 4 is 29.8 Å². The van der Waals surface area contributed by atoms with Crippen molar-refractivity contribution < 1.29 is 33.5 Å². The summed E-state index contributed by atoms with van der Waals surface area (Å²) in [5.74, 6) is -4.03. The number of carbonyl (C=O) groups is 5. The van der Waals surface area contributed by atoms with Gasteiger partial charge in [-0.2, -0.15) is 0 Å². The normalized spacial score (nSPS) is 18.7. The van der Waals surface area contributed by atoms with Gasteiger partial charge in [-0.1, -0.05) is 17.2 Å². The van der Waals surface area contributed by atoms with Gasteiger partial charge in [-0.3, -0.25) is 14.4 Å². The fourth-order valence-electron chi connectivity index (χ4n) is 3.39. The lowest BCUT2D eigenvalue weighted by Gasteiger charge is -2.31. The van der Waals surface area contributed by atoms with Crippen molar-refractivity contribution in [3.05, 3.63) is 35.4 Å². The number of fused-ring (bicyclic) bond motifs is 1. The number of nitrogens with one attached hydrogen (secondary N) is 1. The van der Waals surface area contributed by atoms with E-state index in [4.69, 9.17) is 9.57 Å². The second-order valence-electron chi connectivity index (χ2n) is 8.31. The Kier molecular flexibility index (Phi) is 6.28. The van der Waals surface area contributed by atoms with E-state index >= 15 is 0 Å². The first-order valence-corrected chi connectivity index (χ1v) is 10.0. The topological polar surface area (TPSA) is 122 Å². The molecule has 1 fully saturated rings. The molecule has 1 unspecified atom stereocenters. The summed E-state index contributed by atoms with van der Waals surface area (Å²) in [5, 5.41) is 2.97. The average Bonchev–Trinajstić information content (AvgIpc) is 2.93. The molecule has 10 nitrogen and oxygen atoms in total. The second-order valence-corrected chi connectivity index (χ2v) is 8.31. The van der Waals surface area contributed by atoms with E-state index in [-0.39, 0.29) is 30.6 Å². The molecule has 1 N–H and O–H groups in total. The molecule has 1 aromatic rings. The number of ether oxygens (including phenoxy) is 1. The Morgan fingerprint density at radius 2 is 1.71 bits per heavy atom. The molecular weight excluding hydrogens is 406 g/mol. The SMILES string of the molecule is CC(C)(C)OC(=O)NCCN1CCCC(C(=O)ON2C(=O)c3ccccc3C2=O)C1=O. The van der Waals surface area contributed by atoms with Crippen LogP contribution in [0.15, 0.2) is 24.3 Å². The number of amides is 4. The summed E-state index contributed by atoms with van der Waals surface area (Å²) in [6, 6.07) is 6.13. The van der Waals surface area contributed by atoms with E-state index in [0.29, 0.717) is 18.0 Å². The third kappa shape index (κ3) is 5.01. The number of benzene rings is 1. The standard InChI is InChI=1S/C21H25N3O7/c1-21(2,3)30-20(29)22-10-12-23-11-6-9-15(16(23)25)19(28)31-24-17(26)13-7-4-5-8-14(13)18(24)27/h4-5,7-8,15H,6,9-12H2,1-3H3,(H,22,29). The molecule has 2 aliphatic rings. The molecule has 1 aromatic carbocycles. The lowest BCUT2D eigenvalue weighted by Crippen LogP contribution is -2.49. The van der Waals surface area contributed by atoms with Gasteiger partial charge in [0, 0.05) is 19.6 Å². The van der Waals surface area contributed by atoms with Crippen molar-refractivity contribution in [1.82, 2.24) is 15.3 Å². The number of hydroxylamine groups is 2. The molecule has 4 amide bonds. The molecule has 0 bridgehead atoms. The van der Waals surface area contributed by atoms with Crippen LogP contribution in [0.5, 0.6) is 0 Å². The number of carbonyl (C=O) groups excluding carboxylic acids is 5. The first-order chi connectivity index (χ1) is 14.6. The van der Waals surface area contributed by atoms with Crippen LogP contribution in [-0.2, 0) is 19.2 Å². The zero-order valence-electron chi connectivity index (χ0n) is 17.7. The van der Waals surface area contributed by atoms with E-state index in [1.54, 1.807) is 32.9 Å². The van der Waals surface area contributed by atoms with Crippen LogP contribution in [0.25, 0.3) is 0 Å². The quantitative estimate of drug-likeness (QED) is 0.554. The van der Waals surface area contributed by atoms with E-state index in [9.17, 15) is 24.0 Å². The zero-order chi connectivity index (χ0) is 22.8. The van der Waals surface area contributed by atoms with Crippen LogP contribution in [0, 0.1) is 5.92 Å². The van der Waals surface area contributed by atoms with Gasteiger partial charge in [0.1, 0.15) is 11.5 Å². The van der Waals surface area contributed by atoms with Gasteiger partial charge >= 0.3 is 12.1 Å². The van der Waals surface area contributed by atoms with Crippen molar-refractivity contribution in [3.63, 3.8) is 0 Å². The van der Waals surface area contributed by atoms with Gasteiger partial charge in [-0.25, -0.2) is 9.59 Å². The highest BCUT2D eigenvalue weighted by atomic mass is 16.7. The van der Waals surface area contributed by atoms with Crippen molar-refractivity contribution in [3.8, 4) is 0 Å². The number of likely N-dealkylation sites (tertiary alicyclic amines) is 1. The van der Waals surface area contributed by atoms with Gasteiger partial charge < -0.3 is 19.8 Å². The van der Waals surface area contributed by atoms with E-state index < -0.39 is 41.3 Å². The van der Waals surface area contributed by atoms with E-state index in [0.717, 1.165) is 0 Å². The summed E-state index contributed by atoms with van der Waals surface area (Å²) >= 11 is 0. The molecule has 2 aliphatic heterocycles. The Bertz CT molecular complexity index is 887. The number of nitrogens with zero attached hydrogens (tertiary/aromatic N) is 2. The monoisotopic (exact) mass is 431 g/mol. The van der Waals surface area contributed by atoms with Crippen LogP contribution >= 0.6 is 0 Å². The first-order valence-electron chi connectivity index (χ1n) is 10.0. The molecule has 0 aromatic heterocycles. The highest BCUT2D eigenvalue weighted by molar-refractivity contribution is 6.21. The van der Waals surface area contributed by atoms with Gasteiger partial charge in [0.25, 0.3) is 11.8 Å². The van der Waals surface area contributed by atoms with Gasteiger partial charge in [0.15, 0.2) is 0 Å². The lowest BCUT2D eigenvalue weighted by molar-refractivity contribution is -0.178. The minimum Gasteiger partial charge on any atom is -0.444 e. The van der Waals surface area contributed by atoms with E-state index in [1.807, 2.05) is 0 Å². The molecule has 31 heavy (non-hydrogen) atoms. The molecule has 1 saturated heterocycles. The minimum atomic E-state index is -1.13. The number of imide groups is 1. The van der Waals surface area contributed by atoms with Gasteiger partial charge in [-0.05, 0) is 45.7 Å². The predicted molar refractivity (Wildman–Crippen MR) is 107 cm³/mol. The maximum atomic E-state index is 12.7. The van der Waals surface area contributed by atoms with Crippen LogP contribution in [0.1, 0.15) is 54.3 Å². The summed E-state index contributed by atoms with van der Waals surface area (Å²) in [6.45, 7) is 5.99.